The van der Waals surface area contributed by atoms with Gasteiger partial charge < -0.3 is 10.6 Å². The molecular formula is C20H17F3N4O. The minimum absolute atomic E-state index is 0.0558. The average Bonchev–Trinajstić information content (AvgIpc) is 2.65. The number of alkyl halides is 3. The Morgan fingerprint density at radius 1 is 0.964 bits per heavy atom. The minimum atomic E-state index is -4.58. The van der Waals surface area contributed by atoms with E-state index in [0.29, 0.717) is 0 Å². The zero-order valence-electron chi connectivity index (χ0n) is 15.1. The van der Waals surface area contributed by atoms with Gasteiger partial charge in [-0.15, -0.1) is 0 Å². The number of nitrogens with one attached hydrogen (secondary N) is 2. The van der Waals surface area contributed by atoms with Gasteiger partial charge >= 0.3 is 6.18 Å². The van der Waals surface area contributed by atoms with Crippen LogP contribution in [0.5, 0.6) is 0 Å². The largest absolute Gasteiger partial charge is 0.418 e. The molecule has 0 unspecified atom stereocenters. The molecule has 0 saturated heterocycles. The first-order chi connectivity index (χ1) is 13.3. The van der Waals surface area contributed by atoms with Crippen molar-refractivity contribution < 1.29 is 18.0 Å². The fourth-order valence-corrected chi connectivity index (χ4v) is 2.58. The third-order valence-corrected chi connectivity index (χ3v) is 4.22. The van der Waals surface area contributed by atoms with E-state index in [0.717, 1.165) is 22.9 Å². The van der Waals surface area contributed by atoms with Crippen LogP contribution in [-0.2, 0) is 6.18 Å². The molecule has 0 spiro atoms. The van der Waals surface area contributed by atoms with E-state index in [2.05, 4.69) is 20.6 Å². The summed E-state index contributed by atoms with van der Waals surface area (Å²) in [5, 5.41) is 5.29. The summed E-state index contributed by atoms with van der Waals surface area (Å²) in [5.41, 5.74) is 1.54. The number of hydrogen-bond acceptors (Lipinski definition) is 4. The Hall–Kier alpha value is -3.42. The Labute approximate surface area is 159 Å². The van der Waals surface area contributed by atoms with Gasteiger partial charge in [-0.3, -0.25) is 4.79 Å². The quantitative estimate of drug-likeness (QED) is 0.654. The van der Waals surface area contributed by atoms with Crippen molar-refractivity contribution in [2.45, 2.75) is 20.0 Å². The summed E-state index contributed by atoms with van der Waals surface area (Å²) in [7, 11) is 0. The Kier molecular flexibility index (Phi) is 5.30. The van der Waals surface area contributed by atoms with Gasteiger partial charge in [-0.1, -0.05) is 24.3 Å². The van der Waals surface area contributed by atoms with Crippen molar-refractivity contribution >= 4 is 23.2 Å². The molecule has 0 aliphatic rings. The van der Waals surface area contributed by atoms with E-state index in [1.165, 1.54) is 30.5 Å². The first-order valence-electron chi connectivity index (χ1n) is 8.39. The number of hydrogen-bond donors (Lipinski definition) is 2. The van der Waals surface area contributed by atoms with Crippen molar-refractivity contribution in [2.24, 2.45) is 0 Å². The smallest absolute Gasteiger partial charge is 0.324 e. The molecule has 144 valence electrons. The molecule has 1 heterocycles. The minimum Gasteiger partial charge on any atom is -0.324 e. The van der Waals surface area contributed by atoms with E-state index < -0.39 is 17.6 Å². The van der Waals surface area contributed by atoms with E-state index >= 15 is 0 Å². The second-order valence-corrected chi connectivity index (χ2v) is 6.14. The van der Waals surface area contributed by atoms with Gasteiger partial charge in [-0.05, 0) is 49.2 Å². The van der Waals surface area contributed by atoms with Crippen LogP contribution in [0.4, 0.5) is 30.5 Å². The van der Waals surface area contributed by atoms with Crippen molar-refractivity contribution in [1.29, 1.82) is 0 Å². The molecule has 2 N–H and O–H groups in total. The summed E-state index contributed by atoms with van der Waals surface area (Å²) in [6, 6.07) is 11.8. The SMILES string of the molecule is Cc1cccc(Nc2nccc(C(=O)Nc3ccccc3C(F)(F)F)n2)c1C. The molecule has 0 saturated carbocycles. The lowest BCUT2D eigenvalue weighted by Crippen LogP contribution is -2.18. The van der Waals surface area contributed by atoms with E-state index in [9.17, 15) is 18.0 Å². The monoisotopic (exact) mass is 386 g/mol. The van der Waals surface area contributed by atoms with E-state index in [-0.39, 0.29) is 17.3 Å². The van der Waals surface area contributed by atoms with E-state index in [1.807, 2.05) is 32.0 Å². The molecule has 0 fully saturated rings. The Bertz CT molecular complexity index is 1020. The fraction of sp³-hybridized carbons (Fsp3) is 0.150. The molecular weight excluding hydrogens is 369 g/mol. The molecule has 0 aliphatic carbocycles. The maximum Gasteiger partial charge on any atom is 0.418 e. The second kappa shape index (κ2) is 7.67. The fourth-order valence-electron chi connectivity index (χ4n) is 2.58. The zero-order valence-corrected chi connectivity index (χ0v) is 15.1. The van der Waals surface area contributed by atoms with Crippen LogP contribution < -0.4 is 10.6 Å². The molecule has 8 heteroatoms. The van der Waals surface area contributed by atoms with Gasteiger partial charge in [0.25, 0.3) is 5.91 Å². The number of aromatic nitrogens is 2. The van der Waals surface area contributed by atoms with Crippen molar-refractivity contribution in [2.75, 3.05) is 10.6 Å². The third-order valence-electron chi connectivity index (χ3n) is 4.22. The molecule has 0 atom stereocenters. The van der Waals surface area contributed by atoms with Crippen LogP contribution in [0.15, 0.2) is 54.7 Å². The van der Waals surface area contributed by atoms with Gasteiger partial charge in [-0.2, -0.15) is 13.2 Å². The van der Waals surface area contributed by atoms with Gasteiger partial charge in [0, 0.05) is 11.9 Å². The van der Waals surface area contributed by atoms with Crippen molar-refractivity contribution in [3.05, 3.63) is 77.1 Å². The van der Waals surface area contributed by atoms with Gasteiger partial charge in [0.2, 0.25) is 5.95 Å². The normalized spacial score (nSPS) is 11.2. The van der Waals surface area contributed by atoms with Crippen molar-refractivity contribution in [3.63, 3.8) is 0 Å². The summed E-state index contributed by atoms with van der Waals surface area (Å²) in [4.78, 5) is 20.6. The molecule has 3 aromatic rings. The molecule has 5 nitrogen and oxygen atoms in total. The lowest BCUT2D eigenvalue weighted by molar-refractivity contribution is -0.136. The molecule has 0 aliphatic heterocycles. The molecule has 1 aromatic heterocycles. The van der Waals surface area contributed by atoms with Crippen molar-refractivity contribution in [1.82, 2.24) is 9.97 Å². The van der Waals surface area contributed by atoms with Crippen LogP contribution in [0.2, 0.25) is 0 Å². The first kappa shape index (κ1) is 19.3. The number of rotatable bonds is 4. The lowest BCUT2D eigenvalue weighted by atomic mass is 10.1. The van der Waals surface area contributed by atoms with E-state index in [1.54, 1.807) is 0 Å². The zero-order chi connectivity index (χ0) is 20.3. The van der Waals surface area contributed by atoms with Gasteiger partial charge in [-0.25, -0.2) is 9.97 Å². The van der Waals surface area contributed by atoms with Crippen LogP contribution >= 0.6 is 0 Å². The predicted molar refractivity (Wildman–Crippen MR) is 101 cm³/mol. The number of nitrogens with zero attached hydrogens (tertiary/aromatic N) is 2. The highest BCUT2D eigenvalue weighted by atomic mass is 19.4. The number of aryl methyl sites for hydroxylation is 1. The highest BCUT2D eigenvalue weighted by Gasteiger charge is 2.33. The highest BCUT2D eigenvalue weighted by molar-refractivity contribution is 6.03. The maximum absolute atomic E-state index is 13.1. The van der Waals surface area contributed by atoms with Crippen LogP contribution in [-0.4, -0.2) is 15.9 Å². The third kappa shape index (κ3) is 4.28. The van der Waals surface area contributed by atoms with Crippen LogP contribution in [0.25, 0.3) is 0 Å². The van der Waals surface area contributed by atoms with Crippen molar-refractivity contribution in [3.8, 4) is 0 Å². The number of para-hydroxylation sites is 1. The van der Waals surface area contributed by atoms with Crippen LogP contribution in [0.3, 0.4) is 0 Å². The van der Waals surface area contributed by atoms with Crippen LogP contribution in [0, 0.1) is 13.8 Å². The standard InChI is InChI=1S/C20H17F3N4O/c1-12-6-5-9-15(13(12)2)26-19-24-11-10-17(27-19)18(28)25-16-8-4-3-7-14(16)20(21,22)23/h3-11H,1-2H3,(H,25,28)(H,24,26,27). The lowest BCUT2D eigenvalue weighted by Gasteiger charge is -2.14. The first-order valence-corrected chi connectivity index (χ1v) is 8.39. The molecule has 28 heavy (non-hydrogen) atoms. The Balaban J connectivity index is 1.83. The predicted octanol–water partition coefficient (Wildman–Crippen LogP) is 5.11. The van der Waals surface area contributed by atoms with Gasteiger partial charge in [0.1, 0.15) is 5.69 Å². The highest BCUT2D eigenvalue weighted by Crippen LogP contribution is 2.34. The topological polar surface area (TPSA) is 66.9 Å². The number of amides is 1. The number of carbonyl (C=O) groups excluding carboxylic acids is 1. The Morgan fingerprint density at radius 2 is 1.68 bits per heavy atom. The van der Waals surface area contributed by atoms with E-state index in [4.69, 9.17) is 0 Å². The average molecular weight is 386 g/mol. The second-order valence-electron chi connectivity index (χ2n) is 6.14. The molecule has 2 aromatic carbocycles. The molecule has 0 radical (unpaired) electrons. The number of carbonyl (C=O) groups is 1. The Morgan fingerprint density at radius 3 is 2.43 bits per heavy atom. The summed E-state index contributed by atoms with van der Waals surface area (Å²) in [5.74, 6) is -0.589. The molecule has 0 bridgehead atoms. The molecule has 1 amide bonds. The summed E-state index contributed by atoms with van der Waals surface area (Å²) in [6.07, 6.45) is -3.21. The van der Waals surface area contributed by atoms with Crippen LogP contribution in [0.1, 0.15) is 27.2 Å². The summed E-state index contributed by atoms with van der Waals surface area (Å²) in [6.45, 7) is 3.89. The van der Waals surface area contributed by atoms with Gasteiger partial charge in [0.05, 0.1) is 11.3 Å². The summed E-state index contributed by atoms with van der Waals surface area (Å²) < 4.78 is 39.3. The number of anilines is 3. The summed E-state index contributed by atoms with van der Waals surface area (Å²) >= 11 is 0. The molecule has 3 rings (SSSR count). The number of benzene rings is 2. The van der Waals surface area contributed by atoms with Gasteiger partial charge in [0.15, 0.2) is 0 Å². The maximum atomic E-state index is 13.1. The number of halogens is 3.